The predicted molar refractivity (Wildman–Crippen MR) is 124 cm³/mol. The van der Waals surface area contributed by atoms with Crippen LogP contribution in [0.25, 0.3) is 0 Å². The highest BCUT2D eigenvalue weighted by Crippen LogP contribution is 2.25. The van der Waals surface area contributed by atoms with Gasteiger partial charge in [-0.15, -0.1) is 5.10 Å². The van der Waals surface area contributed by atoms with Crippen molar-refractivity contribution in [2.75, 3.05) is 82.3 Å². The third kappa shape index (κ3) is 10.2. The second kappa shape index (κ2) is 13.8. The van der Waals surface area contributed by atoms with E-state index in [1.165, 1.54) is 4.38 Å². The van der Waals surface area contributed by atoms with Crippen molar-refractivity contribution >= 4 is 37.7 Å². The van der Waals surface area contributed by atoms with Gasteiger partial charge in [0.15, 0.2) is 9.84 Å². The highest BCUT2D eigenvalue weighted by molar-refractivity contribution is 8.41. The second-order valence-electron chi connectivity index (χ2n) is 7.08. The molecule has 0 spiro atoms. The summed E-state index contributed by atoms with van der Waals surface area (Å²) in [5, 5.41) is 8.26. The third-order valence-corrected chi connectivity index (χ3v) is 8.77. The number of rotatable bonds is 14. The molecule has 0 atom stereocenters. The van der Waals surface area contributed by atoms with Crippen LogP contribution < -0.4 is 0 Å². The largest absolute Gasteiger partial charge is 0.377 e. The van der Waals surface area contributed by atoms with E-state index in [1.807, 2.05) is 29.7 Å². The van der Waals surface area contributed by atoms with Crippen LogP contribution in [0.3, 0.4) is 0 Å². The van der Waals surface area contributed by atoms with Crippen LogP contribution in [0.1, 0.15) is 5.69 Å². The Balaban J connectivity index is 1.13. The molecule has 0 unspecified atom stereocenters. The van der Waals surface area contributed by atoms with Crippen molar-refractivity contribution < 1.29 is 22.6 Å². The van der Waals surface area contributed by atoms with Gasteiger partial charge >= 0.3 is 0 Å². The van der Waals surface area contributed by atoms with Crippen LogP contribution in [0.5, 0.6) is 0 Å². The minimum absolute atomic E-state index is 0.219. The Bertz CT molecular complexity index is 767. The minimum Gasteiger partial charge on any atom is -0.377 e. The first kappa shape index (κ1) is 24.9. The molecule has 0 aliphatic carbocycles. The number of nitrogens with zero attached hydrogens (tertiary/aromatic N) is 5. The van der Waals surface area contributed by atoms with Gasteiger partial charge in [0.2, 0.25) is 0 Å². The fraction of sp³-hybridized carbons (Fsp3) is 0.833. The molecule has 1 aromatic heterocycles. The summed E-state index contributed by atoms with van der Waals surface area (Å²) < 4.78 is 42.5. The second-order valence-corrected chi connectivity index (χ2v) is 11.8. The lowest BCUT2D eigenvalue weighted by Crippen LogP contribution is -2.39. The van der Waals surface area contributed by atoms with Crippen LogP contribution in [-0.4, -0.2) is 115 Å². The van der Waals surface area contributed by atoms with E-state index in [1.54, 1.807) is 4.68 Å². The van der Waals surface area contributed by atoms with Gasteiger partial charge in [-0.1, -0.05) is 28.7 Å². The third-order valence-electron chi connectivity index (χ3n) is 4.63. The molecule has 176 valence electrons. The van der Waals surface area contributed by atoms with Crippen molar-refractivity contribution in [1.29, 1.82) is 0 Å². The number of hydrogen-bond acceptors (Lipinski definition) is 11. The zero-order valence-corrected chi connectivity index (χ0v) is 20.1. The van der Waals surface area contributed by atoms with E-state index in [9.17, 15) is 8.42 Å². The Hall–Kier alpha value is -0.700. The van der Waals surface area contributed by atoms with Crippen molar-refractivity contribution in [2.45, 2.75) is 13.1 Å². The van der Waals surface area contributed by atoms with Crippen LogP contribution in [0.15, 0.2) is 11.2 Å². The smallest absolute Gasteiger partial charge is 0.152 e. The molecule has 3 heterocycles. The molecular weight excluding hydrogens is 462 g/mol. The van der Waals surface area contributed by atoms with Gasteiger partial charge < -0.3 is 14.2 Å². The van der Waals surface area contributed by atoms with E-state index in [0.717, 1.165) is 17.2 Å². The standard InChI is InChI=1S/C18H31N5O5S3/c24-31(25)13-3-22(4-14-31)15-17-16-23(21-20-17)2-6-27-8-10-28-9-7-26-5-1-19-18-29-11-12-30-18/h16H,1-15H2. The lowest BCUT2D eigenvalue weighted by atomic mass is 10.4. The monoisotopic (exact) mass is 493 g/mol. The van der Waals surface area contributed by atoms with Gasteiger partial charge in [0, 0.05) is 37.3 Å². The summed E-state index contributed by atoms with van der Waals surface area (Å²) in [4.78, 5) is 6.56. The van der Waals surface area contributed by atoms with Crippen LogP contribution in [0.2, 0.25) is 0 Å². The molecular formula is C18H31N5O5S3. The number of sulfone groups is 1. The summed E-state index contributed by atoms with van der Waals surface area (Å²) in [6.07, 6.45) is 1.88. The Kier molecular flexibility index (Phi) is 11.1. The molecule has 0 saturated carbocycles. The maximum absolute atomic E-state index is 11.5. The predicted octanol–water partition coefficient (Wildman–Crippen LogP) is 0.394. The van der Waals surface area contributed by atoms with Crippen LogP contribution in [-0.2, 0) is 37.1 Å². The maximum Gasteiger partial charge on any atom is 0.152 e. The summed E-state index contributed by atoms with van der Waals surface area (Å²) in [6, 6.07) is 0. The van der Waals surface area contributed by atoms with Gasteiger partial charge in [-0.25, -0.2) is 13.1 Å². The average Bonchev–Trinajstić information content (AvgIpc) is 3.42. The van der Waals surface area contributed by atoms with Gasteiger partial charge in [-0.05, 0) is 0 Å². The number of aromatic nitrogens is 3. The Morgan fingerprint density at radius 1 is 0.968 bits per heavy atom. The van der Waals surface area contributed by atoms with Gasteiger partial charge in [0.1, 0.15) is 4.38 Å². The van der Waals surface area contributed by atoms with Gasteiger partial charge in [-0.3, -0.25) is 9.89 Å². The first-order valence-corrected chi connectivity index (χ1v) is 14.2. The molecule has 0 N–H and O–H groups in total. The summed E-state index contributed by atoms with van der Waals surface area (Å²) >= 11 is 3.64. The SMILES string of the molecule is O=S1(=O)CCN(Cc2cn(CCOCCOCCOCCN=C3SCCS3)nn2)CC1. The van der Waals surface area contributed by atoms with Crippen LogP contribution in [0.4, 0.5) is 0 Å². The van der Waals surface area contributed by atoms with E-state index in [0.29, 0.717) is 72.4 Å². The Morgan fingerprint density at radius 3 is 2.32 bits per heavy atom. The first-order chi connectivity index (χ1) is 15.1. The van der Waals surface area contributed by atoms with E-state index in [2.05, 4.69) is 20.2 Å². The molecule has 0 radical (unpaired) electrons. The highest BCUT2D eigenvalue weighted by Gasteiger charge is 2.22. The normalized spacial score (nSPS) is 19.2. The molecule has 2 saturated heterocycles. The summed E-state index contributed by atoms with van der Waals surface area (Å²) in [7, 11) is -2.86. The van der Waals surface area contributed by atoms with E-state index in [-0.39, 0.29) is 11.5 Å². The molecule has 1 aromatic rings. The number of thioether (sulfide) groups is 2. The lowest BCUT2D eigenvalue weighted by Gasteiger charge is -2.25. The van der Waals surface area contributed by atoms with E-state index < -0.39 is 9.84 Å². The number of hydrogen-bond donors (Lipinski definition) is 0. The highest BCUT2D eigenvalue weighted by atomic mass is 32.2. The van der Waals surface area contributed by atoms with Crippen molar-refractivity contribution in [3.8, 4) is 0 Å². The Labute approximate surface area is 192 Å². The van der Waals surface area contributed by atoms with Crippen LogP contribution >= 0.6 is 23.5 Å². The maximum atomic E-state index is 11.5. The molecule has 2 fully saturated rings. The zero-order chi connectivity index (χ0) is 21.8. The molecule has 2 aliphatic rings. The van der Waals surface area contributed by atoms with Crippen LogP contribution in [0, 0.1) is 0 Å². The minimum atomic E-state index is -2.86. The number of aliphatic imine (C=N–C) groups is 1. The topological polar surface area (TPSA) is 108 Å². The molecule has 2 aliphatic heterocycles. The molecule has 0 bridgehead atoms. The zero-order valence-electron chi connectivity index (χ0n) is 17.7. The van der Waals surface area contributed by atoms with Crippen molar-refractivity contribution in [1.82, 2.24) is 19.9 Å². The van der Waals surface area contributed by atoms with Gasteiger partial charge in [0.05, 0.1) is 69.9 Å². The van der Waals surface area contributed by atoms with E-state index >= 15 is 0 Å². The van der Waals surface area contributed by atoms with Gasteiger partial charge in [-0.2, -0.15) is 0 Å². The van der Waals surface area contributed by atoms with E-state index in [4.69, 9.17) is 14.2 Å². The van der Waals surface area contributed by atoms with Crippen molar-refractivity contribution in [2.24, 2.45) is 4.99 Å². The average molecular weight is 494 g/mol. The quantitative estimate of drug-likeness (QED) is 0.338. The number of ether oxygens (including phenoxy) is 3. The molecule has 31 heavy (non-hydrogen) atoms. The molecule has 0 amide bonds. The summed E-state index contributed by atoms with van der Waals surface area (Å²) in [6.45, 7) is 6.37. The van der Waals surface area contributed by atoms with Crippen molar-refractivity contribution in [3.05, 3.63) is 11.9 Å². The Morgan fingerprint density at radius 2 is 1.61 bits per heavy atom. The molecule has 0 aromatic carbocycles. The fourth-order valence-electron chi connectivity index (χ4n) is 2.95. The first-order valence-electron chi connectivity index (χ1n) is 10.5. The summed E-state index contributed by atoms with van der Waals surface area (Å²) in [5.74, 6) is 2.76. The van der Waals surface area contributed by atoms with Crippen molar-refractivity contribution in [3.63, 3.8) is 0 Å². The molecule has 3 rings (SSSR count). The fourth-order valence-corrected chi connectivity index (χ4v) is 6.44. The lowest BCUT2D eigenvalue weighted by molar-refractivity contribution is 0.0141. The molecule has 13 heteroatoms. The van der Waals surface area contributed by atoms with Gasteiger partial charge in [0.25, 0.3) is 0 Å². The summed E-state index contributed by atoms with van der Waals surface area (Å²) in [5.41, 5.74) is 0.842. The molecule has 10 nitrogen and oxygen atoms in total.